The Morgan fingerprint density at radius 3 is 2.03 bits per heavy atom. The molecule has 146 valence electrons. The van der Waals surface area contributed by atoms with Gasteiger partial charge >= 0.3 is 0 Å². The smallest absolute Gasteiger partial charge is 0.266 e. The van der Waals surface area contributed by atoms with Gasteiger partial charge < -0.3 is 4.42 Å². The fourth-order valence-corrected chi connectivity index (χ4v) is 3.72. The topological polar surface area (TPSA) is 64.7 Å². The van der Waals surface area contributed by atoms with Crippen molar-refractivity contribution in [2.75, 3.05) is 0 Å². The van der Waals surface area contributed by atoms with E-state index < -0.39 is 0 Å². The molecule has 3 heterocycles. The van der Waals surface area contributed by atoms with Crippen LogP contribution < -0.4 is 0 Å². The summed E-state index contributed by atoms with van der Waals surface area (Å²) in [5.41, 5.74) is 5.48. The second-order valence-electron chi connectivity index (χ2n) is 7.26. The van der Waals surface area contributed by atoms with E-state index in [1.807, 2.05) is 60.7 Å². The molecule has 3 aromatic carbocycles. The quantitative estimate of drug-likeness (QED) is 0.333. The van der Waals surface area contributed by atoms with Crippen LogP contribution in [0.1, 0.15) is 0 Å². The second kappa shape index (κ2) is 7.15. The maximum Gasteiger partial charge on any atom is 0.266 e. The maximum absolute atomic E-state index is 5.96. The van der Waals surface area contributed by atoms with Gasteiger partial charge in [0.1, 0.15) is 5.69 Å². The molecule has 0 spiro atoms. The standard InChI is InChI=1S/C26H16N4O/c1-2-5-17(6-3-1)18-8-12-21(13-9-18)25-29-30-26(31-25)22-15-14-20-11-10-19-7-4-16-27-23(19)24(20)28-22/h1-16H. The number of hydrogen-bond donors (Lipinski definition) is 0. The van der Waals surface area contributed by atoms with Gasteiger partial charge in [0.2, 0.25) is 5.89 Å². The fourth-order valence-electron chi connectivity index (χ4n) is 3.72. The number of rotatable bonds is 3. The first-order valence-electron chi connectivity index (χ1n) is 9.99. The molecule has 0 saturated carbocycles. The summed E-state index contributed by atoms with van der Waals surface area (Å²) in [6.45, 7) is 0. The number of benzene rings is 3. The zero-order chi connectivity index (χ0) is 20.6. The molecule has 31 heavy (non-hydrogen) atoms. The summed E-state index contributed by atoms with van der Waals surface area (Å²) in [4.78, 5) is 9.28. The first-order chi connectivity index (χ1) is 15.3. The molecule has 6 rings (SSSR count). The van der Waals surface area contributed by atoms with Crippen molar-refractivity contribution in [2.24, 2.45) is 0 Å². The van der Waals surface area contributed by atoms with Crippen LogP contribution in [0.2, 0.25) is 0 Å². The molecule has 0 unspecified atom stereocenters. The molecule has 0 amide bonds. The van der Waals surface area contributed by atoms with Gasteiger partial charge in [-0.25, -0.2) is 4.98 Å². The van der Waals surface area contributed by atoms with Crippen LogP contribution in [0.25, 0.3) is 56.0 Å². The number of nitrogens with zero attached hydrogens (tertiary/aromatic N) is 4. The van der Waals surface area contributed by atoms with Crippen molar-refractivity contribution in [1.82, 2.24) is 20.2 Å². The minimum absolute atomic E-state index is 0.386. The fraction of sp³-hybridized carbons (Fsp3) is 0. The minimum Gasteiger partial charge on any atom is -0.415 e. The molecule has 0 aliphatic rings. The highest BCUT2D eigenvalue weighted by Gasteiger charge is 2.13. The predicted octanol–water partition coefficient (Wildman–Crippen LogP) is 6.17. The van der Waals surface area contributed by atoms with E-state index in [-0.39, 0.29) is 0 Å². The summed E-state index contributed by atoms with van der Waals surface area (Å²) in [6.07, 6.45) is 1.78. The van der Waals surface area contributed by atoms with Crippen molar-refractivity contribution in [3.8, 4) is 34.2 Å². The molecule has 6 aromatic rings. The van der Waals surface area contributed by atoms with Gasteiger partial charge in [-0.1, -0.05) is 66.7 Å². The molecule has 0 N–H and O–H groups in total. The third kappa shape index (κ3) is 3.13. The van der Waals surface area contributed by atoms with E-state index in [0.29, 0.717) is 17.5 Å². The summed E-state index contributed by atoms with van der Waals surface area (Å²) in [5.74, 6) is 0.851. The zero-order valence-electron chi connectivity index (χ0n) is 16.4. The number of hydrogen-bond acceptors (Lipinski definition) is 5. The lowest BCUT2D eigenvalue weighted by atomic mass is 10.0. The van der Waals surface area contributed by atoms with Crippen LogP contribution in [-0.2, 0) is 0 Å². The molecule has 3 aromatic heterocycles. The Hall–Kier alpha value is -4.38. The monoisotopic (exact) mass is 400 g/mol. The van der Waals surface area contributed by atoms with Crippen molar-refractivity contribution in [3.63, 3.8) is 0 Å². The van der Waals surface area contributed by atoms with Gasteiger partial charge in [-0.2, -0.15) is 0 Å². The van der Waals surface area contributed by atoms with E-state index in [4.69, 9.17) is 9.40 Å². The molecule has 0 aliphatic heterocycles. The summed E-state index contributed by atoms with van der Waals surface area (Å²) < 4.78 is 5.96. The van der Waals surface area contributed by atoms with E-state index in [2.05, 4.69) is 45.5 Å². The van der Waals surface area contributed by atoms with E-state index in [0.717, 1.165) is 32.9 Å². The lowest BCUT2D eigenvalue weighted by molar-refractivity contribution is 0.582. The van der Waals surface area contributed by atoms with Gasteiger partial charge in [-0.05, 0) is 35.4 Å². The van der Waals surface area contributed by atoms with E-state index in [9.17, 15) is 0 Å². The zero-order valence-corrected chi connectivity index (χ0v) is 16.4. The molecule has 5 nitrogen and oxygen atoms in total. The Balaban J connectivity index is 1.37. The molecule has 0 aliphatic carbocycles. The Bertz CT molecular complexity index is 1520. The molecular weight excluding hydrogens is 384 g/mol. The Kier molecular flexibility index (Phi) is 4.03. The summed E-state index contributed by atoms with van der Waals surface area (Å²) in [6, 6.07) is 30.3. The van der Waals surface area contributed by atoms with Crippen molar-refractivity contribution < 1.29 is 4.42 Å². The van der Waals surface area contributed by atoms with Crippen LogP contribution in [-0.4, -0.2) is 20.2 Å². The summed E-state index contributed by atoms with van der Waals surface area (Å²) in [5, 5.41) is 10.5. The van der Waals surface area contributed by atoms with Crippen LogP contribution in [0, 0.1) is 0 Å². The normalized spacial score (nSPS) is 11.2. The van der Waals surface area contributed by atoms with Gasteiger partial charge in [0.05, 0.1) is 11.0 Å². The van der Waals surface area contributed by atoms with Crippen molar-refractivity contribution in [3.05, 3.63) is 97.2 Å². The average molecular weight is 400 g/mol. The van der Waals surface area contributed by atoms with Crippen LogP contribution in [0.4, 0.5) is 0 Å². The number of aromatic nitrogens is 4. The third-order valence-corrected chi connectivity index (χ3v) is 5.32. The highest BCUT2D eigenvalue weighted by atomic mass is 16.4. The van der Waals surface area contributed by atoms with Crippen LogP contribution in [0.15, 0.2) is 102 Å². The molecule has 5 heteroatoms. The Labute approximate surface area is 178 Å². The Morgan fingerprint density at radius 2 is 1.19 bits per heavy atom. The summed E-state index contributed by atoms with van der Waals surface area (Å²) in [7, 11) is 0. The van der Waals surface area contributed by atoms with Gasteiger partial charge in [-0.15, -0.1) is 10.2 Å². The number of fused-ring (bicyclic) bond motifs is 3. The van der Waals surface area contributed by atoms with Gasteiger partial charge in [0.15, 0.2) is 0 Å². The minimum atomic E-state index is 0.386. The molecule has 0 radical (unpaired) electrons. The first-order valence-corrected chi connectivity index (χ1v) is 9.99. The first kappa shape index (κ1) is 17.5. The van der Waals surface area contributed by atoms with E-state index >= 15 is 0 Å². The van der Waals surface area contributed by atoms with Crippen molar-refractivity contribution >= 4 is 21.8 Å². The van der Waals surface area contributed by atoms with E-state index in [1.165, 1.54) is 5.56 Å². The highest BCUT2D eigenvalue weighted by molar-refractivity contribution is 6.03. The van der Waals surface area contributed by atoms with Crippen molar-refractivity contribution in [2.45, 2.75) is 0 Å². The largest absolute Gasteiger partial charge is 0.415 e. The van der Waals surface area contributed by atoms with Gasteiger partial charge in [0, 0.05) is 22.5 Å². The number of pyridine rings is 2. The van der Waals surface area contributed by atoms with Gasteiger partial charge in [-0.3, -0.25) is 4.98 Å². The van der Waals surface area contributed by atoms with Gasteiger partial charge in [0.25, 0.3) is 5.89 Å². The molecule has 0 saturated heterocycles. The molecule has 0 bridgehead atoms. The molecule has 0 atom stereocenters. The van der Waals surface area contributed by atoms with E-state index in [1.54, 1.807) is 6.20 Å². The summed E-state index contributed by atoms with van der Waals surface area (Å²) >= 11 is 0. The third-order valence-electron chi connectivity index (χ3n) is 5.32. The Morgan fingerprint density at radius 1 is 0.516 bits per heavy atom. The van der Waals surface area contributed by atoms with Crippen LogP contribution >= 0.6 is 0 Å². The maximum atomic E-state index is 5.96. The van der Waals surface area contributed by atoms with Crippen LogP contribution in [0.3, 0.4) is 0 Å². The lowest BCUT2D eigenvalue weighted by Crippen LogP contribution is -1.88. The SMILES string of the molecule is c1ccc(-c2ccc(-c3nnc(-c4ccc5ccc6cccnc6c5n4)o3)cc2)cc1. The highest BCUT2D eigenvalue weighted by Crippen LogP contribution is 2.28. The molecule has 0 fully saturated rings. The second-order valence-corrected chi connectivity index (χ2v) is 7.26. The molecular formula is C26H16N4O. The van der Waals surface area contributed by atoms with Crippen molar-refractivity contribution in [1.29, 1.82) is 0 Å². The lowest BCUT2D eigenvalue weighted by Gasteiger charge is -2.03. The predicted molar refractivity (Wildman–Crippen MR) is 121 cm³/mol. The average Bonchev–Trinajstić information content (AvgIpc) is 3.35. The van der Waals surface area contributed by atoms with Crippen LogP contribution in [0.5, 0.6) is 0 Å².